The molecule has 4 aromatic rings. The minimum Gasteiger partial charge on any atom is -0.497 e. The highest BCUT2D eigenvalue weighted by molar-refractivity contribution is 6.01. The Morgan fingerprint density at radius 3 is 2.70 bits per heavy atom. The van der Waals surface area contributed by atoms with Crippen LogP contribution < -0.4 is 16.2 Å². The van der Waals surface area contributed by atoms with E-state index >= 15 is 0 Å². The summed E-state index contributed by atoms with van der Waals surface area (Å²) in [6, 6.07) is 14.7. The third kappa shape index (κ3) is 2.85. The lowest BCUT2D eigenvalue weighted by Gasteiger charge is -2.06. The summed E-state index contributed by atoms with van der Waals surface area (Å²) in [5.74, 6) is 0.623. The summed E-state index contributed by atoms with van der Waals surface area (Å²) >= 11 is 0. The van der Waals surface area contributed by atoms with Crippen LogP contribution in [0.25, 0.3) is 27.8 Å². The smallest absolute Gasteiger partial charge is 0.248 e. The van der Waals surface area contributed by atoms with Gasteiger partial charge in [0.25, 0.3) is 0 Å². The van der Waals surface area contributed by atoms with E-state index in [0.717, 1.165) is 28.0 Å². The lowest BCUT2D eigenvalue weighted by molar-refractivity contribution is 0.100. The number of hydrogen-bond acceptors (Lipinski definition) is 5. The Kier molecular flexibility index (Phi) is 3.97. The van der Waals surface area contributed by atoms with E-state index in [2.05, 4.69) is 9.97 Å². The van der Waals surface area contributed by atoms with Crippen LogP contribution in [0, 0.1) is 0 Å². The van der Waals surface area contributed by atoms with Crippen molar-refractivity contribution < 1.29 is 9.53 Å². The topological polar surface area (TPSA) is 109 Å². The van der Waals surface area contributed by atoms with Crippen LogP contribution in [0.15, 0.2) is 61.1 Å². The SMILES string of the molecule is COc1cccc(-c2cn(-c3cccc(C(N)=O)c3)c3ncnc(N)c23)c1. The minimum atomic E-state index is -0.490. The van der Waals surface area contributed by atoms with Gasteiger partial charge in [-0.2, -0.15) is 0 Å². The normalized spacial score (nSPS) is 10.9. The Morgan fingerprint density at radius 1 is 1.11 bits per heavy atom. The molecular formula is C20H17N5O2. The third-order valence-electron chi connectivity index (χ3n) is 4.40. The molecule has 0 fully saturated rings. The second-order valence-electron chi connectivity index (χ2n) is 6.02. The van der Waals surface area contributed by atoms with E-state index in [1.165, 1.54) is 6.33 Å². The number of nitrogens with zero attached hydrogens (tertiary/aromatic N) is 3. The van der Waals surface area contributed by atoms with Gasteiger partial charge < -0.3 is 20.8 Å². The number of ether oxygens (including phenoxy) is 1. The first-order chi connectivity index (χ1) is 13.1. The van der Waals surface area contributed by atoms with Gasteiger partial charge >= 0.3 is 0 Å². The first kappa shape index (κ1) is 16.6. The van der Waals surface area contributed by atoms with Crippen LogP contribution in [0.1, 0.15) is 10.4 Å². The van der Waals surface area contributed by atoms with Crippen LogP contribution in [-0.2, 0) is 0 Å². The van der Waals surface area contributed by atoms with Crippen molar-refractivity contribution in [2.45, 2.75) is 0 Å². The molecule has 0 aliphatic heterocycles. The molecule has 2 aromatic carbocycles. The molecular weight excluding hydrogens is 342 g/mol. The Balaban J connectivity index is 2.00. The molecule has 134 valence electrons. The summed E-state index contributed by atoms with van der Waals surface area (Å²) in [5.41, 5.74) is 15.2. The number of hydrogen-bond donors (Lipinski definition) is 2. The van der Waals surface area contributed by atoms with E-state index in [4.69, 9.17) is 16.2 Å². The molecule has 7 nitrogen and oxygen atoms in total. The summed E-state index contributed by atoms with van der Waals surface area (Å²) in [7, 11) is 1.62. The van der Waals surface area contributed by atoms with Gasteiger partial charge in [0, 0.05) is 23.0 Å². The predicted molar refractivity (Wildman–Crippen MR) is 104 cm³/mol. The van der Waals surface area contributed by atoms with Gasteiger partial charge in [-0.05, 0) is 35.9 Å². The first-order valence-electron chi connectivity index (χ1n) is 8.24. The highest BCUT2D eigenvalue weighted by Gasteiger charge is 2.17. The van der Waals surface area contributed by atoms with Gasteiger partial charge in [-0.15, -0.1) is 0 Å². The van der Waals surface area contributed by atoms with Gasteiger partial charge in [0.2, 0.25) is 5.91 Å². The molecule has 0 saturated carbocycles. The molecule has 4 N–H and O–H groups in total. The molecule has 0 spiro atoms. The highest BCUT2D eigenvalue weighted by atomic mass is 16.5. The maximum absolute atomic E-state index is 11.6. The predicted octanol–water partition coefficient (Wildman–Crippen LogP) is 2.78. The molecule has 0 radical (unpaired) electrons. The number of carbonyl (C=O) groups is 1. The second kappa shape index (κ2) is 6.45. The van der Waals surface area contributed by atoms with Gasteiger partial charge in [0.05, 0.1) is 12.5 Å². The quantitative estimate of drug-likeness (QED) is 0.582. The maximum atomic E-state index is 11.6. The van der Waals surface area contributed by atoms with Crippen LogP contribution in [0.5, 0.6) is 5.75 Å². The number of benzene rings is 2. The summed E-state index contributed by atoms with van der Waals surface area (Å²) in [6.45, 7) is 0. The monoisotopic (exact) mass is 359 g/mol. The molecule has 4 rings (SSSR count). The van der Waals surface area contributed by atoms with Crippen molar-refractivity contribution in [1.29, 1.82) is 0 Å². The standard InChI is InChI=1S/C20H17N5O2/c1-27-15-7-3-4-12(9-15)16-10-25(20-17(16)18(21)23-11-24-20)14-6-2-5-13(8-14)19(22)26/h2-11H,1H3,(H2,22,26)(H2,21,23,24). The molecule has 0 atom stereocenters. The number of carbonyl (C=O) groups excluding carboxylic acids is 1. The minimum absolute atomic E-state index is 0.377. The van der Waals surface area contributed by atoms with Crippen LogP contribution in [0.3, 0.4) is 0 Å². The summed E-state index contributed by atoms with van der Waals surface area (Å²) < 4.78 is 7.20. The molecule has 7 heteroatoms. The average molecular weight is 359 g/mol. The van der Waals surface area contributed by atoms with Crippen LogP contribution >= 0.6 is 0 Å². The van der Waals surface area contributed by atoms with Crippen molar-refractivity contribution >= 4 is 22.8 Å². The lowest BCUT2D eigenvalue weighted by atomic mass is 10.1. The van der Waals surface area contributed by atoms with Crippen molar-refractivity contribution in [3.8, 4) is 22.6 Å². The third-order valence-corrected chi connectivity index (χ3v) is 4.40. The Morgan fingerprint density at radius 2 is 1.93 bits per heavy atom. The van der Waals surface area contributed by atoms with Gasteiger partial charge in [-0.1, -0.05) is 18.2 Å². The Labute approximate surface area is 155 Å². The summed E-state index contributed by atoms with van der Waals surface area (Å²) in [5, 5.41) is 0.732. The maximum Gasteiger partial charge on any atom is 0.248 e. The molecule has 0 unspecified atom stereocenters. The largest absolute Gasteiger partial charge is 0.497 e. The van der Waals surface area contributed by atoms with Crippen LogP contribution in [0.2, 0.25) is 0 Å². The Bertz CT molecular complexity index is 1170. The van der Waals surface area contributed by atoms with Crippen LogP contribution in [0.4, 0.5) is 5.82 Å². The van der Waals surface area contributed by atoms with E-state index in [0.29, 0.717) is 17.0 Å². The zero-order valence-electron chi connectivity index (χ0n) is 14.6. The fourth-order valence-corrected chi connectivity index (χ4v) is 3.10. The molecule has 2 aromatic heterocycles. The zero-order chi connectivity index (χ0) is 19.0. The lowest BCUT2D eigenvalue weighted by Crippen LogP contribution is -2.11. The number of anilines is 1. The summed E-state index contributed by atoms with van der Waals surface area (Å²) in [4.78, 5) is 20.1. The van der Waals surface area contributed by atoms with Crippen molar-refractivity contribution in [2.24, 2.45) is 5.73 Å². The van der Waals surface area contributed by atoms with Crippen LogP contribution in [-0.4, -0.2) is 27.6 Å². The number of amides is 1. The Hall–Kier alpha value is -3.87. The van der Waals surface area contributed by atoms with Crippen molar-refractivity contribution in [3.63, 3.8) is 0 Å². The highest BCUT2D eigenvalue weighted by Crippen LogP contribution is 2.35. The number of aromatic nitrogens is 3. The number of methoxy groups -OCH3 is 1. The number of nitrogens with two attached hydrogens (primary N) is 2. The second-order valence-corrected chi connectivity index (χ2v) is 6.02. The molecule has 0 bridgehead atoms. The van der Waals surface area contributed by atoms with E-state index < -0.39 is 5.91 Å². The van der Waals surface area contributed by atoms with E-state index in [1.807, 2.05) is 41.1 Å². The zero-order valence-corrected chi connectivity index (χ0v) is 14.6. The fraction of sp³-hybridized carbons (Fsp3) is 0.0500. The number of primary amides is 1. The molecule has 0 aliphatic rings. The molecule has 2 heterocycles. The number of nitrogen functional groups attached to an aromatic ring is 1. The van der Waals surface area contributed by atoms with Gasteiger partial charge in [0.1, 0.15) is 17.9 Å². The first-order valence-corrected chi connectivity index (χ1v) is 8.24. The van der Waals surface area contributed by atoms with Gasteiger partial charge in [0.15, 0.2) is 5.65 Å². The number of fused-ring (bicyclic) bond motifs is 1. The van der Waals surface area contributed by atoms with Gasteiger partial charge in [-0.25, -0.2) is 9.97 Å². The van der Waals surface area contributed by atoms with Gasteiger partial charge in [-0.3, -0.25) is 4.79 Å². The van der Waals surface area contributed by atoms with Crippen molar-refractivity contribution in [2.75, 3.05) is 12.8 Å². The average Bonchev–Trinajstić information content (AvgIpc) is 3.09. The van der Waals surface area contributed by atoms with E-state index in [-0.39, 0.29) is 0 Å². The van der Waals surface area contributed by atoms with Crippen molar-refractivity contribution in [1.82, 2.24) is 14.5 Å². The molecule has 0 aliphatic carbocycles. The molecule has 0 saturated heterocycles. The van der Waals surface area contributed by atoms with Crippen molar-refractivity contribution in [3.05, 3.63) is 66.6 Å². The van der Waals surface area contributed by atoms with E-state index in [9.17, 15) is 4.79 Å². The summed E-state index contributed by atoms with van der Waals surface area (Å²) in [6.07, 6.45) is 3.34. The van der Waals surface area contributed by atoms with E-state index in [1.54, 1.807) is 25.3 Å². The molecule has 1 amide bonds. The number of rotatable bonds is 4. The fourth-order valence-electron chi connectivity index (χ4n) is 3.10. The molecule has 27 heavy (non-hydrogen) atoms.